The van der Waals surface area contributed by atoms with E-state index in [2.05, 4.69) is 25.7 Å². The molecule has 10 nitrogen and oxygen atoms in total. The molecule has 4 rings (SSSR count). The molecule has 2 aromatic carbocycles. The van der Waals surface area contributed by atoms with Gasteiger partial charge in [0.15, 0.2) is 5.65 Å². The predicted molar refractivity (Wildman–Crippen MR) is 120 cm³/mol. The third-order valence-corrected chi connectivity index (χ3v) is 6.20. The van der Waals surface area contributed by atoms with Crippen LogP contribution in [0.4, 0.5) is 0 Å². The van der Waals surface area contributed by atoms with E-state index in [1.165, 1.54) is 35.0 Å². The minimum absolute atomic E-state index is 0.0626. The minimum Gasteiger partial charge on any atom is -0.267 e. The van der Waals surface area contributed by atoms with Crippen molar-refractivity contribution >= 4 is 27.5 Å². The zero-order valence-electron chi connectivity index (χ0n) is 17.5. The van der Waals surface area contributed by atoms with Crippen molar-refractivity contribution < 1.29 is 18.0 Å². The second kappa shape index (κ2) is 9.18. The number of amides is 2. The van der Waals surface area contributed by atoms with E-state index in [0.29, 0.717) is 11.3 Å². The fourth-order valence-electron chi connectivity index (χ4n) is 3.17. The van der Waals surface area contributed by atoms with Gasteiger partial charge in [0.2, 0.25) is 10.0 Å². The Labute approximate surface area is 189 Å². The van der Waals surface area contributed by atoms with Gasteiger partial charge >= 0.3 is 0 Å². The zero-order chi connectivity index (χ0) is 23.4. The van der Waals surface area contributed by atoms with E-state index < -0.39 is 21.8 Å². The van der Waals surface area contributed by atoms with Crippen LogP contribution in [0.5, 0.6) is 0 Å². The van der Waals surface area contributed by atoms with Crippen LogP contribution in [0, 0.1) is 6.92 Å². The summed E-state index contributed by atoms with van der Waals surface area (Å²) in [4.78, 5) is 29.2. The van der Waals surface area contributed by atoms with Crippen molar-refractivity contribution in [2.24, 2.45) is 0 Å². The Bertz CT molecular complexity index is 1430. The van der Waals surface area contributed by atoms with Gasteiger partial charge in [-0.05, 0) is 36.8 Å². The third-order valence-electron chi connectivity index (χ3n) is 4.80. The van der Waals surface area contributed by atoms with Gasteiger partial charge in [-0.2, -0.15) is 5.10 Å². The second-order valence-corrected chi connectivity index (χ2v) is 8.86. The van der Waals surface area contributed by atoms with E-state index in [4.69, 9.17) is 0 Å². The predicted octanol–water partition coefficient (Wildman–Crippen LogP) is 1.59. The maximum absolute atomic E-state index is 12.6. The first-order chi connectivity index (χ1) is 15.8. The summed E-state index contributed by atoms with van der Waals surface area (Å²) >= 11 is 0. The molecule has 0 spiro atoms. The molecule has 0 saturated heterocycles. The normalized spacial score (nSPS) is 11.3. The van der Waals surface area contributed by atoms with Gasteiger partial charge in [-0.25, -0.2) is 22.6 Å². The average Bonchev–Trinajstić information content (AvgIpc) is 3.17. The van der Waals surface area contributed by atoms with Crippen LogP contribution in [0.15, 0.2) is 78.0 Å². The van der Waals surface area contributed by atoms with Gasteiger partial charge in [0.25, 0.3) is 11.8 Å². The number of hydrazine groups is 1. The van der Waals surface area contributed by atoms with Crippen LogP contribution in [0.25, 0.3) is 5.65 Å². The molecule has 168 valence electrons. The smallest absolute Gasteiger partial charge is 0.267 e. The first-order valence-corrected chi connectivity index (χ1v) is 11.4. The summed E-state index contributed by atoms with van der Waals surface area (Å²) in [5, 5.41) is 4.20. The van der Waals surface area contributed by atoms with Crippen LogP contribution in [0.3, 0.4) is 0 Å². The first kappa shape index (κ1) is 22.1. The molecule has 0 unspecified atom stereocenters. The first-order valence-electron chi connectivity index (χ1n) is 9.89. The van der Waals surface area contributed by atoms with Crippen LogP contribution >= 0.6 is 0 Å². The molecule has 0 bridgehead atoms. The van der Waals surface area contributed by atoms with Crippen LogP contribution in [-0.4, -0.2) is 34.8 Å². The molecule has 0 aliphatic rings. The minimum atomic E-state index is -3.85. The molecular formula is C22H20N6O4S. The largest absolute Gasteiger partial charge is 0.275 e. The lowest BCUT2D eigenvalue weighted by Gasteiger charge is -2.10. The number of fused-ring (bicyclic) bond motifs is 1. The van der Waals surface area contributed by atoms with Gasteiger partial charge in [0.1, 0.15) is 5.56 Å². The van der Waals surface area contributed by atoms with E-state index >= 15 is 0 Å². The molecule has 3 N–H and O–H groups in total. The van der Waals surface area contributed by atoms with Gasteiger partial charge in [0, 0.05) is 24.5 Å². The van der Waals surface area contributed by atoms with E-state index in [9.17, 15) is 18.0 Å². The molecule has 0 aliphatic carbocycles. The van der Waals surface area contributed by atoms with E-state index in [1.54, 1.807) is 31.3 Å². The highest BCUT2D eigenvalue weighted by Gasteiger charge is 2.20. The molecule has 2 heterocycles. The number of sulfonamides is 1. The molecule has 0 saturated carbocycles. The van der Waals surface area contributed by atoms with Crippen molar-refractivity contribution in [1.82, 2.24) is 30.2 Å². The van der Waals surface area contributed by atoms with Gasteiger partial charge < -0.3 is 0 Å². The van der Waals surface area contributed by atoms with Crippen molar-refractivity contribution in [2.45, 2.75) is 18.4 Å². The Balaban J connectivity index is 1.44. The van der Waals surface area contributed by atoms with Crippen LogP contribution in [-0.2, 0) is 16.6 Å². The van der Waals surface area contributed by atoms with Crippen LogP contribution in [0.2, 0.25) is 0 Å². The number of hydrogen-bond donors (Lipinski definition) is 3. The molecule has 33 heavy (non-hydrogen) atoms. The Morgan fingerprint density at radius 3 is 2.52 bits per heavy atom. The Kier molecular flexibility index (Phi) is 6.16. The maximum Gasteiger partial charge on any atom is 0.275 e. The van der Waals surface area contributed by atoms with Crippen LogP contribution < -0.4 is 15.6 Å². The summed E-state index contributed by atoms with van der Waals surface area (Å²) in [7, 11) is -3.85. The monoisotopic (exact) mass is 464 g/mol. The quantitative estimate of drug-likeness (QED) is 0.371. The van der Waals surface area contributed by atoms with Crippen molar-refractivity contribution in [3.8, 4) is 0 Å². The van der Waals surface area contributed by atoms with E-state index in [-0.39, 0.29) is 22.6 Å². The highest BCUT2D eigenvalue weighted by Crippen LogP contribution is 2.14. The second-order valence-electron chi connectivity index (χ2n) is 7.09. The molecule has 0 radical (unpaired) electrons. The van der Waals surface area contributed by atoms with Gasteiger partial charge in [0.05, 0.1) is 10.6 Å². The van der Waals surface area contributed by atoms with Crippen molar-refractivity contribution in [3.63, 3.8) is 0 Å². The Morgan fingerprint density at radius 1 is 0.970 bits per heavy atom. The van der Waals surface area contributed by atoms with Gasteiger partial charge in [-0.3, -0.25) is 20.4 Å². The lowest BCUT2D eigenvalue weighted by molar-refractivity contribution is 0.0847. The fraction of sp³-hybridized carbons (Fsp3) is 0.0909. The number of nitrogens with zero attached hydrogens (tertiary/aromatic N) is 3. The topological polar surface area (TPSA) is 135 Å². The highest BCUT2D eigenvalue weighted by atomic mass is 32.2. The molecule has 2 aromatic heterocycles. The lowest BCUT2D eigenvalue weighted by Crippen LogP contribution is -2.42. The van der Waals surface area contributed by atoms with Gasteiger partial charge in [-0.1, -0.05) is 36.4 Å². The summed E-state index contributed by atoms with van der Waals surface area (Å²) in [5.74, 6) is -1.27. The lowest BCUT2D eigenvalue weighted by atomic mass is 10.2. The van der Waals surface area contributed by atoms with Crippen molar-refractivity contribution in [3.05, 3.63) is 95.4 Å². The number of carbonyl (C=O) groups is 2. The van der Waals surface area contributed by atoms with E-state index in [1.807, 2.05) is 18.2 Å². The number of rotatable bonds is 6. The van der Waals surface area contributed by atoms with Crippen LogP contribution in [0.1, 0.15) is 32.0 Å². The standard InChI is InChI=1S/C22H20N6O4S/c1-15-19(20-23-11-6-12-28(20)27-15)22(30)26-25-21(29)17-9-5-10-18(13-17)33(31,32)24-14-16-7-3-2-4-8-16/h2-13,24H,14H2,1H3,(H,25,29)(H,26,30). The fourth-order valence-corrected chi connectivity index (χ4v) is 4.24. The average molecular weight is 465 g/mol. The molecule has 4 aromatic rings. The summed E-state index contributed by atoms with van der Waals surface area (Å²) in [5.41, 5.74) is 6.49. The number of nitrogens with one attached hydrogen (secondary N) is 3. The number of aromatic nitrogens is 3. The van der Waals surface area contributed by atoms with E-state index in [0.717, 1.165) is 5.56 Å². The molecule has 0 aliphatic heterocycles. The summed E-state index contributed by atoms with van der Waals surface area (Å²) in [6.45, 7) is 1.77. The number of hydrogen-bond acceptors (Lipinski definition) is 6. The number of aryl methyl sites for hydroxylation is 1. The zero-order valence-corrected chi connectivity index (χ0v) is 18.3. The number of benzene rings is 2. The highest BCUT2D eigenvalue weighted by molar-refractivity contribution is 7.89. The molecule has 0 atom stereocenters. The molecule has 11 heteroatoms. The molecule has 2 amide bonds. The number of carbonyl (C=O) groups excluding carboxylic acids is 2. The maximum atomic E-state index is 12.6. The molecular weight excluding hydrogens is 444 g/mol. The van der Waals surface area contributed by atoms with Crippen molar-refractivity contribution in [2.75, 3.05) is 0 Å². The summed E-state index contributed by atoms with van der Waals surface area (Å²) < 4.78 is 29.2. The summed E-state index contributed by atoms with van der Waals surface area (Å²) in [6.07, 6.45) is 3.19. The summed E-state index contributed by atoms with van der Waals surface area (Å²) in [6, 6.07) is 16.3. The Morgan fingerprint density at radius 2 is 1.73 bits per heavy atom. The molecule has 0 fully saturated rings. The van der Waals surface area contributed by atoms with Gasteiger partial charge in [-0.15, -0.1) is 0 Å². The SMILES string of the molecule is Cc1nn2cccnc2c1C(=O)NNC(=O)c1cccc(S(=O)(=O)NCc2ccccc2)c1. The Hall–Kier alpha value is -4.09. The third kappa shape index (κ3) is 4.89. The van der Waals surface area contributed by atoms with Crippen molar-refractivity contribution in [1.29, 1.82) is 0 Å².